The highest BCUT2D eigenvalue weighted by atomic mass is 19.1. The van der Waals surface area contributed by atoms with Crippen LogP contribution in [0.4, 0.5) is 4.39 Å². The van der Waals surface area contributed by atoms with Gasteiger partial charge in [0.05, 0.1) is 0 Å². The summed E-state index contributed by atoms with van der Waals surface area (Å²) in [6.07, 6.45) is 0.646. The maximum absolute atomic E-state index is 13.1. The zero-order valence-corrected chi connectivity index (χ0v) is 6.34. The molecule has 0 aliphatic heterocycles. The Kier molecular flexibility index (Phi) is 2.60. The molecule has 1 aromatic carbocycles. The summed E-state index contributed by atoms with van der Waals surface area (Å²) >= 11 is 0. The van der Waals surface area contributed by atoms with Crippen molar-refractivity contribution in [3.8, 4) is 0 Å². The van der Waals surface area contributed by atoms with Crippen molar-refractivity contribution in [1.29, 1.82) is 0 Å². The van der Waals surface area contributed by atoms with Crippen LogP contribution in [0.1, 0.15) is 18.1 Å². The van der Waals surface area contributed by atoms with Crippen LogP contribution < -0.4 is 0 Å². The monoisotopic (exact) mass is 153 g/mol. The summed E-state index contributed by atoms with van der Waals surface area (Å²) in [6, 6.07) is 4.97. The Morgan fingerprint density at radius 2 is 2.27 bits per heavy atom. The number of benzene rings is 1. The summed E-state index contributed by atoms with van der Waals surface area (Å²) < 4.78 is 13.1. The van der Waals surface area contributed by atoms with Gasteiger partial charge in [0.15, 0.2) is 0 Å². The van der Waals surface area contributed by atoms with Crippen molar-refractivity contribution in [2.75, 3.05) is 0 Å². The summed E-state index contributed by atoms with van der Waals surface area (Å²) in [4.78, 5) is 0. The topological polar surface area (TPSA) is 20.2 Å². The lowest BCUT2D eigenvalue weighted by atomic mass is 10.1. The van der Waals surface area contributed by atoms with Crippen molar-refractivity contribution in [2.24, 2.45) is 0 Å². The average molecular weight is 153 g/mol. The van der Waals surface area contributed by atoms with Crippen molar-refractivity contribution in [3.63, 3.8) is 0 Å². The molecule has 0 saturated carbocycles. The molecule has 0 aliphatic carbocycles. The molecule has 0 amide bonds. The van der Waals surface area contributed by atoms with Crippen molar-refractivity contribution < 1.29 is 9.50 Å². The molecule has 0 aromatic heterocycles. The largest absolute Gasteiger partial charge is 0.385 e. The van der Waals surface area contributed by atoms with Gasteiger partial charge < -0.3 is 5.11 Å². The van der Waals surface area contributed by atoms with Gasteiger partial charge >= 0.3 is 0 Å². The zero-order chi connectivity index (χ0) is 8.27. The molecule has 1 nitrogen and oxygen atoms in total. The maximum Gasteiger partial charge on any atom is 0.132 e. The molecule has 2 heteroatoms. The first-order chi connectivity index (χ1) is 5.29. The van der Waals surface area contributed by atoms with Gasteiger partial charge in [-0.15, -0.1) is 0 Å². The van der Waals surface area contributed by atoms with Gasteiger partial charge in [0.1, 0.15) is 12.4 Å². The highest BCUT2D eigenvalue weighted by Gasteiger charge is 2.04. The molecule has 1 aromatic rings. The van der Waals surface area contributed by atoms with Crippen LogP contribution in [0.5, 0.6) is 0 Å². The van der Waals surface area contributed by atoms with E-state index < -0.39 is 0 Å². The molecule has 0 heterocycles. The molecule has 59 valence electrons. The third kappa shape index (κ3) is 1.57. The second-order valence-electron chi connectivity index (χ2n) is 2.30. The van der Waals surface area contributed by atoms with E-state index in [1.54, 1.807) is 12.1 Å². The Morgan fingerprint density at radius 3 is 2.82 bits per heavy atom. The standard InChI is InChI=1S/C9H10FO/c1-2-7-4-3-5-8(6-11)9(7)10/h3-6,11H,2H2,1H3. The Balaban J connectivity index is 3.10. The van der Waals surface area contributed by atoms with Crippen molar-refractivity contribution in [3.05, 3.63) is 41.8 Å². The third-order valence-electron chi connectivity index (χ3n) is 1.63. The van der Waals surface area contributed by atoms with E-state index in [4.69, 9.17) is 5.11 Å². The van der Waals surface area contributed by atoms with Gasteiger partial charge in [-0.2, -0.15) is 0 Å². The van der Waals surface area contributed by atoms with E-state index in [1.165, 1.54) is 6.07 Å². The fourth-order valence-corrected chi connectivity index (χ4v) is 0.972. The van der Waals surface area contributed by atoms with E-state index in [0.29, 0.717) is 12.0 Å². The Morgan fingerprint density at radius 1 is 1.55 bits per heavy atom. The highest BCUT2D eigenvalue weighted by Crippen LogP contribution is 2.13. The molecule has 0 atom stereocenters. The van der Waals surface area contributed by atoms with Crippen LogP contribution in [0.3, 0.4) is 0 Å². The lowest BCUT2D eigenvalue weighted by molar-refractivity contribution is 0.406. The van der Waals surface area contributed by atoms with Crippen LogP contribution in [-0.2, 0) is 6.42 Å². The summed E-state index contributed by atoms with van der Waals surface area (Å²) in [5.74, 6) is -0.322. The van der Waals surface area contributed by atoms with Crippen molar-refractivity contribution >= 4 is 0 Å². The fourth-order valence-electron chi connectivity index (χ4n) is 0.972. The minimum absolute atomic E-state index is 0.254. The quantitative estimate of drug-likeness (QED) is 0.691. The van der Waals surface area contributed by atoms with Gasteiger partial charge in [0.2, 0.25) is 0 Å². The summed E-state index contributed by atoms with van der Waals surface area (Å²) in [6.45, 7) is 2.66. The number of rotatable bonds is 2. The van der Waals surface area contributed by atoms with E-state index >= 15 is 0 Å². The molecule has 1 N–H and O–H groups in total. The summed E-state index contributed by atoms with van der Waals surface area (Å²) in [5, 5.41) is 8.57. The van der Waals surface area contributed by atoms with E-state index in [-0.39, 0.29) is 11.4 Å². The fraction of sp³-hybridized carbons (Fsp3) is 0.222. The SMILES string of the molecule is CCc1cccc([CH]O)c1F. The van der Waals surface area contributed by atoms with Gasteiger partial charge in [-0.1, -0.05) is 25.1 Å². The Hall–Kier alpha value is -0.890. The Bertz CT molecular complexity index is 223. The number of hydrogen-bond donors (Lipinski definition) is 1. The minimum atomic E-state index is -0.322. The molecule has 1 rings (SSSR count). The van der Waals surface area contributed by atoms with E-state index in [2.05, 4.69) is 0 Å². The Labute approximate surface area is 65.5 Å². The van der Waals surface area contributed by atoms with Gasteiger partial charge in [0.25, 0.3) is 0 Å². The smallest absolute Gasteiger partial charge is 0.132 e. The molecule has 0 bridgehead atoms. The third-order valence-corrected chi connectivity index (χ3v) is 1.63. The molecule has 0 aliphatic rings. The van der Waals surface area contributed by atoms with Gasteiger partial charge in [0, 0.05) is 5.56 Å². The second-order valence-corrected chi connectivity index (χ2v) is 2.30. The van der Waals surface area contributed by atoms with Gasteiger partial charge in [-0.3, -0.25) is 0 Å². The predicted octanol–water partition coefficient (Wildman–Crippen LogP) is 2.27. The van der Waals surface area contributed by atoms with E-state index in [1.807, 2.05) is 6.92 Å². The molecular weight excluding hydrogens is 143 g/mol. The minimum Gasteiger partial charge on any atom is -0.385 e. The second kappa shape index (κ2) is 3.49. The first-order valence-corrected chi connectivity index (χ1v) is 3.54. The van der Waals surface area contributed by atoms with Crippen LogP contribution in [0.25, 0.3) is 0 Å². The molecule has 1 radical (unpaired) electrons. The highest BCUT2D eigenvalue weighted by molar-refractivity contribution is 5.29. The van der Waals surface area contributed by atoms with E-state index in [9.17, 15) is 4.39 Å². The predicted molar refractivity (Wildman–Crippen MR) is 41.1 cm³/mol. The van der Waals surface area contributed by atoms with Crippen LogP contribution >= 0.6 is 0 Å². The van der Waals surface area contributed by atoms with Crippen LogP contribution in [0.15, 0.2) is 18.2 Å². The number of aliphatic hydroxyl groups is 1. The number of aryl methyl sites for hydroxylation is 1. The van der Waals surface area contributed by atoms with Crippen molar-refractivity contribution in [2.45, 2.75) is 13.3 Å². The first-order valence-electron chi connectivity index (χ1n) is 3.54. The van der Waals surface area contributed by atoms with Crippen molar-refractivity contribution in [1.82, 2.24) is 0 Å². The summed E-state index contributed by atoms with van der Waals surface area (Å²) in [7, 11) is 0. The number of aliphatic hydroxyl groups excluding tert-OH is 1. The molecule has 0 spiro atoms. The van der Waals surface area contributed by atoms with Gasteiger partial charge in [-0.05, 0) is 12.0 Å². The van der Waals surface area contributed by atoms with Crippen LogP contribution in [0.2, 0.25) is 0 Å². The average Bonchev–Trinajstić information content (AvgIpc) is 2.05. The molecular formula is C9H10FO. The molecule has 0 unspecified atom stereocenters. The lowest BCUT2D eigenvalue weighted by Crippen LogP contribution is -1.93. The normalized spacial score (nSPS) is 10.1. The lowest BCUT2D eigenvalue weighted by Gasteiger charge is -2.02. The first kappa shape index (κ1) is 8.21. The van der Waals surface area contributed by atoms with Crippen LogP contribution in [0, 0.1) is 12.4 Å². The zero-order valence-electron chi connectivity index (χ0n) is 6.34. The van der Waals surface area contributed by atoms with Gasteiger partial charge in [-0.25, -0.2) is 4.39 Å². The number of hydrogen-bond acceptors (Lipinski definition) is 1. The maximum atomic E-state index is 13.1. The molecule has 11 heavy (non-hydrogen) atoms. The van der Waals surface area contributed by atoms with E-state index in [0.717, 1.165) is 6.61 Å². The summed E-state index contributed by atoms with van der Waals surface area (Å²) in [5.41, 5.74) is 0.886. The molecule has 0 saturated heterocycles. The molecule has 0 fully saturated rings. The van der Waals surface area contributed by atoms with Crippen LogP contribution in [-0.4, -0.2) is 5.11 Å². The number of halogens is 1.